The van der Waals surface area contributed by atoms with Crippen LogP contribution in [0.3, 0.4) is 0 Å². The zero-order valence-electron chi connectivity index (χ0n) is 10.2. The van der Waals surface area contributed by atoms with Crippen LogP contribution in [0.5, 0.6) is 0 Å². The molecule has 1 amide bonds. The minimum atomic E-state index is -0.220. The molecule has 0 fully saturated rings. The van der Waals surface area contributed by atoms with Crippen LogP contribution in [0.4, 0.5) is 5.69 Å². The van der Waals surface area contributed by atoms with Crippen LogP contribution >= 0.6 is 11.8 Å². The van der Waals surface area contributed by atoms with Gasteiger partial charge in [0.2, 0.25) is 5.91 Å². The number of benzene rings is 1. The highest BCUT2D eigenvalue weighted by atomic mass is 32.2. The number of H-pyrrole nitrogens is 1. The molecule has 0 aliphatic rings. The number of anilines is 1. The van der Waals surface area contributed by atoms with Gasteiger partial charge in [0, 0.05) is 11.4 Å². The fourth-order valence-electron chi connectivity index (χ4n) is 1.58. The van der Waals surface area contributed by atoms with Crippen molar-refractivity contribution in [3.63, 3.8) is 0 Å². The summed E-state index contributed by atoms with van der Waals surface area (Å²) in [4.78, 5) is 29.8. The van der Waals surface area contributed by atoms with Gasteiger partial charge in [0.05, 0.1) is 23.0 Å². The van der Waals surface area contributed by atoms with Crippen molar-refractivity contribution in [1.29, 1.82) is 0 Å². The fourth-order valence-corrected chi connectivity index (χ4v) is 2.12. The predicted molar refractivity (Wildman–Crippen MR) is 78.5 cm³/mol. The fraction of sp³-hybridized carbons (Fsp3) is 0.154. The summed E-state index contributed by atoms with van der Waals surface area (Å²) in [5.41, 5.74) is 0.972. The first kappa shape index (κ1) is 13.4. The number of hydrogen-bond donors (Lipinski definition) is 2. The molecular formula is C13H13N3O2S. The summed E-state index contributed by atoms with van der Waals surface area (Å²) in [5.74, 6) is 0.980. The van der Waals surface area contributed by atoms with E-state index in [-0.39, 0.29) is 11.5 Å². The molecule has 0 saturated heterocycles. The molecule has 0 radical (unpaired) electrons. The number of nitrogens with zero attached hydrogens (tertiary/aromatic N) is 1. The Bertz CT molecular complexity index is 666. The highest BCUT2D eigenvalue weighted by Gasteiger charge is 2.05. The molecule has 0 atom stereocenters. The molecule has 5 nitrogen and oxygen atoms in total. The number of fused-ring (bicyclic) bond motifs is 1. The maximum absolute atomic E-state index is 11.6. The Labute approximate surface area is 114 Å². The second kappa shape index (κ2) is 6.19. The van der Waals surface area contributed by atoms with Gasteiger partial charge in [0.15, 0.2) is 0 Å². The molecular weight excluding hydrogens is 262 g/mol. The van der Waals surface area contributed by atoms with E-state index in [1.165, 1.54) is 18.1 Å². The first-order chi connectivity index (χ1) is 9.20. The zero-order valence-corrected chi connectivity index (χ0v) is 11.0. The number of thioether (sulfide) groups is 1. The molecule has 1 aromatic heterocycles. The summed E-state index contributed by atoms with van der Waals surface area (Å²) in [7, 11) is 0. The Balaban J connectivity index is 2.13. The molecule has 1 aromatic carbocycles. The Morgan fingerprint density at radius 2 is 2.37 bits per heavy atom. The molecule has 0 aliphatic heterocycles. The van der Waals surface area contributed by atoms with E-state index >= 15 is 0 Å². The maximum atomic E-state index is 11.6. The van der Waals surface area contributed by atoms with Gasteiger partial charge in [-0.05, 0) is 18.2 Å². The van der Waals surface area contributed by atoms with Gasteiger partial charge in [0.1, 0.15) is 0 Å². The number of hydrogen-bond acceptors (Lipinski definition) is 4. The molecule has 2 rings (SSSR count). The average molecular weight is 275 g/mol. The predicted octanol–water partition coefficient (Wildman–Crippen LogP) is 1.78. The molecule has 0 bridgehead atoms. The SMILES string of the molecule is C=CCSCC(=O)Nc1ccc2nc[nH]c(=O)c2c1. The summed E-state index contributed by atoms with van der Waals surface area (Å²) >= 11 is 1.48. The van der Waals surface area contributed by atoms with Crippen LogP contribution in [0.1, 0.15) is 0 Å². The molecule has 19 heavy (non-hydrogen) atoms. The largest absolute Gasteiger partial charge is 0.325 e. The van der Waals surface area contributed by atoms with Gasteiger partial charge in [-0.25, -0.2) is 4.98 Å². The Kier molecular flexibility index (Phi) is 4.35. The molecule has 0 spiro atoms. The molecule has 0 unspecified atom stereocenters. The highest BCUT2D eigenvalue weighted by Crippen LogP contribution is 2.14. The monoisotopic (exact) mass is 275 g/mol. The van der Waals surface area contributed by atoms with Crippen LogP contribution in [0, 0.1) is 0 Å². The number of amides is 1. The van der Waals surface area contributed by atoms with Crippen molar-refractivity contribution in [3.05, 3.63) is 47.5 Å². The third kappa shape index (κ3) is 3.45. The summed E-state index contributed by atoms with van der Waals surface area (Å²) in [5, 5.41) is 3.20. The van der Waals surface area contributed by atoms with E-state index in [9.17, 15) is 9.59 Å². The van der Waals surface area contributed by atoms with Crippen LogP contribution in [-0.2, 0) is 4.79 Å². The molecule has 6 heteroatoms. The van der Waals surface area contributed by atoms with Crippen LogP contribution in [0.25, 0.3) is 10.9 Å². The molecule has 2 N–H and O–H groups in total. The number of rotatable bonds is 5. The lowest BCUT2D eigenvalue weighted by atomic mass is 10.2. The molecule has 2 aromatic rings. The maximum Gasteiger partial charge on any atom is 0.258 e. The van der Waals surface area contributed by atoms with Crippen LogP contribution in [0.2, 0.25) is 0 Å². The van der Waals surface area contributed by atoms with Crippen molar-refractivity contribution in [3.8, 4) is 0 Å². The van der Waals surface area contributed by atoms with E-state index in [0.717, 1.165) is 5.75 Å². The van der Waals surface area contributed by atoms with Gasteiger partial charge < -0.3 is 10.3 Å². The molecule has 1 heterocycles. The van der Waals surface area contributed by atoms with E-state index < -0.39 is 0 Å². The summed E-state index contributed by atoms with van der Waals surface area (Å²) < 4.78 is 0. The lowest BCUT2D eigenvalue weighted by molar-refractivity contribution is -0.113. The minimum absolute atomic E-state index is 0.105. The summed E-state index contributed by atoms with van der Waals surface area (Å²) in [6.07, 6.45) is 3.11. The Morgan fingerprint density at radius 3 is 3.16 bits per heavy atom. The highest BCUT2D eigenvalue weighted by molar-refractivity contribution is 8.00. The van der Waals surface area contributed by atoms with E-state index in [1.807, 2.05) is 0 Å². The molecule has 0 saturated carbocycles. The number of carbonyl (C=O) groups is 1. The van der Waals surface area contributed by atoms with Crippen LogP contribution < -0.4 is 10.9 Å². The number of carbonyl (C=O) groups excluding carboxylic acids is 1. The first-order valence-electron chi connectivity index (χ1n) is 5.66. The number of aromatic nitrogens is 2. The van der Waals surface area contributed by atoms with Crippen molar-refractivity contribution < 1.29 is 4.79 Å². The van der Waals surface area contributed by atoms with Crippen molar-refractivity contribution in [1.82, 2.24) is 9.97 Å². The molecule has 98 valence electrons. The van der Waals surface area contributed by atoms with Crippen LogP contribution in [0.15, 0.2) is 42.0 Å². The van der Waals surface area contributed by atoms with Gasteiger partial charge in [0.25, 0.3) is 5.56 Å². The van der Waals surface area contributed by atoms with Gasteiger partial charge in [-0.3, -0.25) is 9.59 Å². The lowest BCUT2D eigenvalue weighted by Gasteiger charge is -2.05. The second-order valence-corrected chi connectivity index (χ2v) is 4.85. The second-order valence-electron chi connectivity index (χ2n) is 3.82. The van der Waals surface area contributed by atoms with Gasteiger partial charge >= 0.3 is 0 Å². The smallest absolute Gasteiger partial charge is 0.258 e. The third-order valence-electron chi connectivity index (χ3n) is 2.39. The third-order valence-corrected chi connectivity index (χ3v) is 3.33. The van der Waals surface area contributed by atoms with E-state index in [1.54, 1.807) is 24.3 Å². The minimum Gasteiger partial charge on any atom is -0.325 e. The van der Waals surface area contributed by atoms with E-state index in [0.29, 0.717) is 22.3 Å². The normalized spacial score (nSPS) is 10.3. The van der Waals surface area contributed by atoms with Crippen molar-refractivity contribution >= 4 is 34.3 Å². The lowest BCUT2D eigenvalue weighted by Crippen LogP contribution is -2.15. The van der Waals surface area contributed by atoms with Crippen molar-refractivity contribution in [2.24, 2.45) is 0 Å². The zero-order chi connectivity index (χ0) is 13.7. The quantitative estimate of drug-likeness (QED) is 0.644. The standard InChI is InChI=1S/C13H13N3O2S/c1-2-5-19-7-12(17)16-9-3-4-11-10(6-9)13(18)15-8-14-11/h2-4,6,8H,1,5,7H2,(H,16,17)(H,14,15,18). The molecule has 0 aliphatic carbocycles. The van der Waals surface area contributed by atoms with E-state index in [2.05, 4.69) is 21.9 Å². The van der Waals surface area contributed by atoms with Crippen molar-refractivity contribution in [2.45, 2.75) is 0 Å². The van der Waals surface area contributed by atoms with Crippen LogP contribution in [-0.4, -0.2) is 27.4 Å². The van der Waals surface area contributed by atoms with E-state index in [4.69, 9.17) is 0 Å². The van der Waals surface area contributed by atoms with Gasteiger partial charge in [-0.1, -0.05) is 6.08 Å². The van der Waals surface area contributed by atoms with Gasteiger partial charge in [-0.2, -0.15) is 0 Å². The summed E-state index contributed by atoms with van der Waals surface area (Å²) in [6, 6.07) is 5.05. The first-order valence-corrected chi connectivity index (χ1v) is 6.82. The number of aromatic amines is 1. The van der Waals surface area contributed by atoms with Crippen molar-refractivity contribution in [2.75, 3.05) is 16.8 Å². The van der Waals surface area contributed by atoms with Gasteiger partial charge in [-0.15, -0.1) is 18.3 Å². The number of nitrogens with one attached hydrogen (secondary N) is 2. The Hall–Kier alpha value is -2.08. The Morgan fingerprint density at radius 1 is 1.53 bits per heavy atom. The average Bonchev–Trinajstić information content (AvgIpc) is 2.40. The topological polar surface area (TPSA) is 74.8 Å². The summed E-state index contributed by atoms with van der Waals surface area (Å²) in [6.45, 7) is 3.59.